The second-order valence-corrected chi connectivity index (χ2v) is 10.9. The molecule has 0 fully saturated rings. The fraction of sp³-hybridized carbons (Fsp3) is 0.824. The molecule has 0 aliphatic rings. The van der Waals surface area contributed by atoms with Gasteiger partial charge >= 0.3 is 0 Å². The quantitative estimate of drug-likeness (QED) is 0.0828. The number of imide groups is 1. The van der Waals surface area contributed by atoms with E-state index in [4.69, 9.17) is 0 Å². The van der Waals surface area contributed by atoms with Crippen LogP contribution in [0.5, 0.6) is 0 Å². The Morgan fingerprint density at radius 1 is 0.405 bits per heavy atom. The zero-order chi connectivity index (χ0) is 27.1. The highest BCUT2D eigenvalue weighted by Gasteiger charge is 2.07. The van der Waals surface area contributed by atoms with Crippen molar-refractivity contribution in [2.24, 2.45) is 0 Å². The molecule has 0 aliphatic heterocycles. The second-order valence-electron chi connectivity index (χ2n) is 10.9. The predicted molar refractivity (Wildman–Crippen MR) is 163 cm³/mol. The van der Waals surface area contributed by atoms with Crippen LogP contribution in [0.3, 0.4) is 0 Å². The summed E-state index contributed by atoms with van der Waals surface area (Å²) in [6.07, 6.45) is 40.0. The van der Waals surface area contributed by atoms with Gasteiger partial charge in [-0.25, -0.2) is 0 Å². The topological polar surface area (TPSA) is 46.2 Å². The Labute approximate surface area is 231 Å². The van der Waals surface area contributed by atoms with Crippen LogP contribution in [0.1, 0.15) is 181 Å². The van der Waals surface area contributed by atoms with Crippen molar-refractivity contribution in [2.75, 3.05) is 0 Å². The van der Waals surface area contributed by atoms with E-state index in [2.05, 4.69) is 43.5 Å². The van der Waals surface area contributed by atoms with Gasteiger partial charge in [0, 0.05) is 12.8 Å². The molecule has 216 valence electrons. The Morgan fingerprint density at radius 2 is 0.676 bits per heavy atom. The van der Waals surface area contributed by atoms with E-state index in [0.29, 0.717) is 12.8 Å². The Bertz CT molecular complexity index is 552. The van der Waals surface area contributed by atoms with Crippen molar-refractivity contribution in [1.82, 2.24) is 5.32 Å². The first kappa shape index (κ1) is 35.6. The summed E-state index contributed by atoms with van der Waals surface area (Å²) in [5.41, 5.74) is 0. The van der Waals surface area contributed by atoms with Crippen molar-refractivity contribution < 1.29 is 9.59 Å². The molecule has 37 heavy (non-hydrogen) atoms. The lowest BCUT2D eigenvalue weighted by molar-refractivity contribution is -0.130. The van der Waals surface area contributed by atoms with Crippen LogP contribution >= 0.6 is 0 Å². The highest BCUT2D eigenvalue weighted by atomic mass is 16.2. The third-order valence-electron chi connectivity index (χ3n) is 7.11. The number of allylic oxidation sites excluding steroid dienone is 4. The third-order valence-corrected chi connectivity index (χ3v) is 7.11. The molecule has 0 spiro atoms. The van der Waals surface area contributed by atoms with E-state index in [-0.39, 0.29) is 11.8 Å². The molecule has 0 heterocycles. The van der Waals surface area contributed by atoms with Gasteiger partial charge in [-0.1, -0.05) is 128 Å². The maximum Gasteiger partial charge on any atom is 0.226 e. The van der Waals surface area contributed by atoms with Gasteiger partial charge in [0.25, 0.3) is 0 Å². The number of carbonyl (C=O) groups excluding carboxylic acids is 2. The van der Waals surface area contributed by atoms with Crippen LogP contribution in [0.4, 0.5) is 0 Å². The molecular weight excluding hydrogens is 454 g/mol. The van der Waals surface area contributed by atoms with E-state index in [1.165, 1.54) is 128 Å². The van der Waals surface area contributed by atoms with Crippen molar-refractivity contribution in [3.63, 3.8) is 0 Å². The molecule has 0 saturated heterocycles. The highest BCUT2D eigenvalue weighted by Crippen LogP contribution is 2.11. The van der Waals surface area contributed by atoms with Crippen molar-refractivity contribution in [3.05, 3.63) is 24.3 Å². The molecule has 0 aromatic heterocycles. The van der Waals surface area contributed by atoms with Gasteiger partial charge in [0.2, 0.25) is 11.8 Å². The fourth-order valence-corrected chi connectivity index (χ4v) is 4.64. The molecule has 2 amide bonds. The van der Waals surface area contributed by atoms with Crippen LogP contribution in [0, 0.1) is 0 Å². The zero-order valence-electron chi connectivity index (χ0n) is 25.0. The van der Waals surface area contributed by atoms with Crippen molar-refractivity contribution in [3.8, 4) is 0 Å². The van der Waals surface area contributed by atoms with Gasteiger partial charge in [-0.05, 0) is 64.2 Å². The first-order chi connectivity index (χ1) is 18.2. The summed E-state index contributed by atoms with van der Waals surface area (Å²) in [6.45, 7) is 4.52. The monoisotopic (exact) mass is 517 g/mol. The van der Waals surface area contributed by atoms with E-state index >= 15 is 0 Å². The maximum absolute atomic E-state index is 12.0. The van der Waals surface area contributed by atoms with Crippen LogP contribution in [0.25, 0.3) is 0 Å². The van der Waals surface area contributed by atoms with Crippen molar-refractivity contribution in [1.29, 1.82) is 0 Å². The Hall–Kier alpha value is -1.38. The molecule has 3 heteroatoms. The first-order valence-corrected chi connectivity index (χ1v) is 16.3. The molecule has 0 saturated carbocycles. The number of nitrogens with one attached hydrogen (secondary N) is 1. The Kier molecular flexibility index (Phi) is 29.7. The summed E-state index contributed by atoms with van der Waals surface area (Å²) in [5, 5.41) is 2.58. The zero-order valence-corrected chi connectivity index (χ0v) is 25.0. The summed E-state index contributed by atoms with van der Waals surface area (Å²) in [7, 11) is 0. The Balaban J connectivity index is 3.37. The fourth-order valence-electron chi connectivity index (χ4n) is 4.64. The maximum atomic E-state index is 12.0. The molecule has 0 aliphatic carbocycles. The number of amides is 2. The molecule has 1 N–H and O–H groups in total. The van der Waals surface area contributed by atoms with Crippen LogP contribution in [-0.4, -0.2) is 11.8 Å². The van der Waals surface area contributed by atoms with Gasteiger partial charge in [0.05, 0.1) is 0 Å². The summed E-state index contributed by atoms with van der Waals surface area (Å²) in [6, 6.07) is 0. The minimum Gasteiger partial charge on any atom is -0.296 e. The summed E-state index contributed by atoms with van der Waals surface area (Å²) < 4.78 is 0. The molecule has 0 rings (SSSR count). The lowest BCUT2D eigenvalue weighted by Gasteiger charge is -2.05. The third kappa shape index (κ3) is 30.7. The van der Waals surface area contributed by atoms with Crippen LogP contribution < -0.4 is 5.32 Å². The van der Waals surface area contributed by atoms with Crippen molar-refractivity contribution >= 4 is 11.8 Å². The average molecular weight is 518 g/mol. The van der Waals surface area contributed by atoms with Crippen molar-refractivity contribution in [2.45, 2.75) is 181 Å². The standard InChI is InChI=1S/C34H63NO2/c1-3-5-7-9-11-13-15-17-18-20-22-24-26-28-30-32-34(37)35-33(36)31-29-27-25-23-21-19-16-14-12-10-8-6-4-2/h14,16-18H,3-13,15,19-32H2,1-2H3,(H,35,36,37)/b16-14-,18-17-. The lowest BCUT2D eigenvalue weighted by Crippen LogP contribution is -2.29. The highest BCUT2D eigenvalue weighted by molar-refractivity contribution is 5.95. The van der Waals surface area contributed by atoms with Gasteiger partial charge in [-0.2, -0.15) is 0 Å². The molecule has 0 aromatic rings. The van der Waals surface area contributed by atoms with Gasteiger partial charge in [0.1, 0.15) is 0 Å². The van der Waals surface area contributed by atoms with E-state index in [0.717, 1.165) is 25.7 Å². The smallest absolute Gasteiger partial charge is 0.226 e. The summed E-state index contributed by atoms with van der Waals surface area (Å²) >= 11 is 0. The van der Waals surface area contributed by atoms with Gasteiger partial charge in [-0.3, -0.25) is 14.9 Å². The molecule has 0 radical (unpaired) electrons. The summed E-state index contributed by atoms with van der Waals surface area (Å²) in [5.74, 6) is -0.187. The van der Waals surface area contributed by atoms with Crippen LogP contribution in [0.15, 0.2) is 24.3 Å². The second kappa shape index (κ2) is 30.8. The van der Waals surface area contributed by atoms with Crippen LogP contribution in [-0.2, 0) is 9.59 Å². The largest absolute Gasteiger partial charge is 0.296 e. The molecular formula is C34H63NO2. The first-order valence-electron chi connectivity index (χ1n) is 16.3. The van der Waals surface area contributed by atoms with Gasteiger partial charge in [-0.15, -0.1) is 0 Å². The number of hydrogen-bond donors (Lipinski definition) is 1. The Morgan fingerprint density at radius 3 is 1.03 bits per heavy atom. The van der Waals surface area contributed by atoms with Crippen LogP contribution in [0.2, 0.25) is 0 Å². The number of rotatable bonds is 28. The van der Waals surface area contributed by atoms with Gasteiger partial charge < -0.3 is 0 Å². The molecule has 0 aromatic carbocycles. The minimum atomic E-state index is -0.0937. The van der Waals surface area contributed by atoms with Gasteiger partial charge in [0.15, 0.2) is 0 Å². The summed E-state index contributed by atoms with van der Waals surface area (Å²) in [4.78, 5) is 23.9. The molecule has 0 unspecified atom stereocenters. The number of unbranched alkanes of at least 4 members (excludes halogenated alkanes) is 20. The minimum absolute atomic E-state index is 0.0934. The van der Waals surface area contributed by atoms with E-state index < -0.39 is 0 Å². The average Bonchev–Trinajstić information content (AvgIpc) is 2.89. The van der Waals surface area contributed by atoms with E-state index in [1.54, 1.807) is 0 Å². The molecule has 0 atom stereocenters. The molecule has 0 bridgehead atoms. The SMILES string of the molecule is CCCCCC/C=C\CCCCCCCC(=O)NC(=O)CCCCCCC/C=C\CCCCCCCC. The normalized spacial score (nSPS) is 11.6. The van der Waals surface area contributed by atoms with E-state index in [9.17, 15) is 9.59 Å². The number of carbonyl (C=O) groups is 2. The molecule has 3 nitrogen and oxygen atoms in total. The predicted octanol–water partition coefficient (Wildman–Crippen LogP) is 10.9. The number of hydrogen-bond acceptors (Lipinski definition) is 2. The van der Waals surface area contributed by atoms with E-state index in [1.807, 2.05) is 0 Å². The lowest BCUT2D eigenvalue weighted by atomic mass is 10.1.